The quantitative estimate of drug-likeness (QED) is 0.740. The molecule has 0 atom stereocenters. The summed E-state index contributed by atoms with van der Waals surface area (Å²) in [6.07, 6.45) is 3.48. The number of hydrogen-bond acceptors (Lipinski definition) is 4. The summed E-state index contributed by atoms with van der Waals surface area (Å²) in [5.74, 6) is -0.788. The predicted octanol–water partition coefficient (Wildman–Crippen LogP) is 2.03. The fourth-order valence-electron chi connectivity index (χ4n) is 2.63. The lowest BCUT2D eigenvalue weighted by atomic mass is 10.3. The van der Waals surface area contributed by atoms with Gasteiger partial charge < -0.3 is 4.90 Å². The molecule has 1 aliphatic rings. The number of aromatic nitrogens is 1. The molecular weight excluding hydrogens is 357 g/mol. The highest BCUT2D eigenvalue weighted by atomic mass is 32.2. The van der Waals surface area contributed by atoms with Crippen molar-refractivity contribution in [2.75, 3.05) is 13.6 Å². The molecule has 3 rings (SSSR count). The minimum Gasteiger partial charge on any atom is -0.333 e. The van der Waals surface area contributed by atoms with Gasteiger partial charge in [0.15, 0.2) is 0 Å². The summed E-state index contributed by atoms with van der Waals surface area (Å²) in [4.78, 5) is 18.6. The molecule has 1 saturated carbocycles. The van der Waals surface area contributed by atoms with Gasteiger partial charge in [0.25, 0.3) is 0 Å². The molecule has 1 aliphatic carbocycles. The third kappa shape index (κ3) is 4.25. The van der Waals surface area contributed by atoms with E-state index in [1.165, 1.54) is 19.2 Å². The van der Waals surface area contributed by atoms with E-state index in [9.17, 15) is 17.6 Å². The minimum absolute atomic E-state index is 0.0445. The van der Waals surface area contributed by atoms with Gasteiger partial charge in [-0.05, 0) is 49.2 Å². The molecule has 2 aromatic rings. The summed E-state index contributed by atoms with van der Waals surface area (Å²) in [6, 6.07) is 10.2. The standard InChI is InChI=1S/C18H20FN3O3S/c1-21(26(24,25)17-9-5-14(19)6-10-17)13-18(23)22(16-7-8-16)12-15-4-2-3-11-20-15/h2-6,9-11,16H,7-8,12-13H2,1H3. The van der Waals surface area contributed by atoms with Crippen LogP contribution in [0.3, 0.4) is 0 Å². The zero-order valence-corrected chi connectivity index (χ0v) is 15.2. The topological polar surface area (TPSA) is 70.6 Å². The number of amides is 1. The first-order chi connectivity index (χ1) is 12.4. The molecule has 8 heteroatoms. The number of nitrogens with zero attached hydrogens (tertiary/aromatic N) is 3. The average Bonchev–Trinajstić information content (AvgIpc) is 3.45. The molecule has 26 heavy (non-hydrogen) atoms. The molecule has 1 fully saturated rings. The summed E-state index contributed by atoms with van der Waals surface area (Å²) >= 11 is 0. The van der Waals surface area contributed by atoms with E-state index in [-0.39, 0.29) is 23.4 Å². The van der Waals surface area contributed by atoms with E-state index in [1.54, 1.807) is 17.2 Å². The van der Waals surface area contributed by atoms with E-state index in [0.717, 1.165) is 35.0 Å². The first kappa shape index (κ1) is 18.5. The number of hydrogen-bond donors (Lipinski definition) is 0. The number of halogens is 1. The lowest BCUT2D eigenvalue weighted by Crippen LogP contribution is -2.42. The molecule has 0 N–H and O–H groups in total. The lowest BCUT2D eigenvalue weighted by Gasteiger charge is -2.25. The van der Waals surface area contributed by atoms with E-state index in [0.29, 0.717) is 6.54 Å². The first-order valence-electron chi connectivity index (χ1n) is 8.29. The normalized spacial score (nSPS) is 14.4. The van der Waals surface area contributed by atoms with Crippen LogP contribution >= 0.6 is 0 Å². The maximum atomic E-state index is 13.0. The van der Waals surface area contributed by atoms with Crippen LogP contribution in [0.4, 0.5) is 4.39 Å². The highest BCUT2D eigenvalue weighted by Crippen LogP contribution is 2.28. The van der Waals surface area contributed by atoms with Crippen molar-refractivity contribution in [3.8, 4) is 0 Å². The summed E-state index contributed by atoms with van der Waals surface area (Å²) in [5, 5.41) is 0. The molecule has 1 aromatic carbocycles. The van der Waals surface area contributed by atoms with Gasteiger partial charge in [0, 0.05) is 19.3 Å². The molecule has 138 valence electrons. The van der Waals surface area contributed by atoms with E-state index in [4.69, 9.17) is 0 Å². The predicted molar refractivity (Wildman–Crippen MR) is 94.0 cm³/mol. The second-order valence-corrected chi connectivity index (χ2v) is 8.33. The molecule has 0 radical (unpaired) electrons. The van der Waals surface area contributed by atoms with Crippen molar-refractivity contribution in [1.29, 1.82) is 0 Å². The number of benzene rings is 1. The molecule has 0 spiro atoms. The average molecular weight is 377 g/mol. The number of pyridine rings is 1. The fourth-order valence-corrected chi connectivity index (χ4v) is 3.75. The number of sulfonamides is 1. The summed E-state index contributed by atoms with van der Waals surface area (Å²) in [7, 11) is -2.51. The Balaban J connectivity index is 1.71. The van der Waals surface area contributed by atoms with Crippen LogP contribution < -0.4 is 0 Å². The van der Waals surface area contributed by atoms with Gasteiger partial charge in [-0.1, -0.05) is 6.07 Å². The largest absolute Gasteiger partial charge is 0.333 e. The zero-order valence-electron chi connectivity index (χ0n) is 14.4. The number of carbonyl (C=O) groups excluding carboxylic acids is 1. The molecule has 0 unspecified atom stereocenters. The smallest absolute Gasteiger partial charge is 0.243 e. The molecule has 1 heterocycles. The van der Waals surface area contributed by atoms with Crippen molar-refractivity contribution in [3.05, 3.63) is 60.2 Å². The third-order valence-corrected chi connectivity index (χ3v) is 6.06. The maximum Gasteiger partial charge on any atom is 0.243 e. The maximum absolute atomic E-state index is 13.0. The lowest BCUT2D eigenvalue weighted by molar-refractivity contribution is -0.132. The van der Waals surface area contributed by atoms with Gasteiger partial charge in [0.05, 0.1) is 23.7 Å². The van der Waals surface area contributed by atoms with Crippen molar-refractivity contribution < 1.29 is 17.6 Å². The molecule has 1 aromatic heterocycles. The van der Waals surface area contributed by atoms with Crippen LogP contribution in [0.15, 0.2) is 53.6 Å². The molecule has 0 saturated heterocycles. The van der Waals surface area contributed by atoms with Crippen molar-refractivity contribution >= 4 is 15.9 Å². The SMILES string of the molecule is CN(CC(=O)N(Cc1ccccn1)C1CC1)S(=O)(=O)c1ccc(F)cc1. The third-order valence-electron chi connectivity index (χ3n) is 4.25. The van der Waals surface area contributed by atoms with Crippen LogP contribution in [0.2, 0.25) is 0 Å². The van der Waals surface area contributed by atoms with Crippen LogP contribution in [-0.2, 0) is 21.4 Å². The van der Waals surface area contributed by atoms with Gasteiger partial charge in [-0.2, -0.15) is 4.31 Å². The Labute approximate surface area is 152 Å². The van der Waals surface area contributed by atoms with Gasteiger partial charge >= 0.3 is 0 Å². The second-order valence-electron chi connectivity index (χ2n) is 6.29. The monoisotopic (exact) mass is 377 g/mol. The Hall–Kier alpha value is -2.32. The van der Waals surface area contributed by atoms with Crippen molar-refractivity contribution in [2.24, 2.45) is 0 Å². The van der Waals surface area contributed by atoms with E-state index in [1.807, 2.05) is 12.1 Å². The summed E-state index contributed by atoms with van der Waals surface area (Å²) in [6.45, 7) is 0.0812. The number of carbonyl (C=O) groups is 1. The van der Waals surface area contributed by atoms with E-state index < -0.39 is 15.8 Å². The highest BCUT2D eigenvalue weighted by Gasteiger charge is 2.34. The Bertz CT molecular complexity index is 868. The molecule has 0 aliphatic heterocycles. The minimum atomic E-state index is -3.86. The van der Waals surface area contributed by atoms with Gasteiger partial charge in [-0.25, -0.2) is 12.8 Å². The Morgan fingerprint density at radius 1 is 1.19 bits per heavy atom. The van der Waals surface area contributed by atoms with E-state index >= 15 is 0 Å². The van der Waals surface area contributed by atoms with Gasteiger partial charge in [-0.15, -0.1) is 0 Å². The molecular formula is C18H20FN3O3S. The van der Waals surface area contributed by atoms with Crippen LogP contribution in [0, 0.1) is 5.82 Å². The summed E-state index contributed by atoms with van der Waals surface area (Å²) in [5.41, 5.74) is 0.761. The fraction of sp³-hybridized carbons (Fsp3) is 0.333. The van der Waals surface area contributed by atoms with Gasteiger partial charge in [0.2, 0.25) is 15.9 Å². The second kappa shape index (κ2) is 7.51. The van der Waals surface area contributed by atoms with Crippen LogP contribution in [-0.4, -0.2) is 48.1 Å². The Morgan fingerprint density at radius 3 is 2.46 bits per heavy atom. The highest BCUT2D eigenvalue weighted by molar-refractivity contribution is 7.89. The summed E-state index contributed by atoms with van der Waals surface area (Å²) < 4.78 is 39.1. The first-order valence-corrected chi connectivity index (χ1v) is 9.73. The van der Waals surface area contributed by atoms with Crippen molar-refractivity contribution in [1.82, 2.24) is 14.2 Å². The van der Waals surface area contributed by atoms with Crippen molar-refractivity contribution in [3.63, 3.8) is 0 Å². The Morgan fingerprint density at radius 2 is 1.88 bits per heavy atom. The zero-order chi connectivity index (χ0) is 18.7. The van der Waals surface area contributed by atoms with Crippen LogP contribution in [0.1, 0.15) is 18.5 Å². The molecule has 0 bridgehead atoms. The van der Waals surface area contributed by atoms with Crippen LogP contribution in [0.5, 0.6) is 0 Å². The van der Waals surface area contributed by atoms with Crippen LogP contribution in [0.25, 0.3) is 0 Å². The number of likely N-dealkylation sites (N-methyl/N-ethyl adjacent to an activating group) is 1. The number of rotatable bonds is 7. The molecule has 6 nitrogen and oxygen atoms in total. The molecule has 1 amide bonds. The Kier molecular flexibility index (Phi) is 5.33. The van der Waals surface area contributed by atoms with Crippen molar-refractivity contribution in [2.45, 2.75) is 30.3 Å². The van der Waals surface area contributed by atoms with E-state index in [2.05, 4.69) is 4.98 Å². The van der Waals surface area contributed by atoms with Gasteiger partial charge in [0.1, 0.15) is 5.82 Å². The van der Waals surface area contributed by atoms with Gasteiger partial charge in [-0.3, -0.25) is 9.78 Å².